The number of carbonyl (C=O) groups is 1. The standard InChI is InChI=1S/C18H18F3N5OS/c19-18(20,21)14-7-13(2-1-10(14)8-22)24-11-3-5-12(6-4-11)25-16(27)15-9-28-17(23)26-15/h1-2,7,9,11-12,24H,3-6H2,(H2,23,26)(H,25,27). The molecule has 2 aromatic rings. The van der Waals surface area contributed by atoms with Gasteiger partial charge in [-0.25, -0.2) is 4.98 Å². The average Bonchev–Trinajstić information content (AvgIpc) is 3.09. The van der Waals surface area contributed by atoms with Crippen molar-refractivity contribution >= 4 is 28.1 Å². The third-order valence-corrected chi connectivity index (χ3v) is 5.31. The maximum Gasteiger partial charge on any atom is 0.417 e. The summed E-state index contributed by atoms with van der Waals surface area (Å²) >= 11 is 1.20. The minimum atomic E-state index is -4.58. The van der Waals surface area contributed by atoms with E-state index in [-0.39, 0.29) is 18.0 Å². The third-order valence-electron chi connectivity index (χ3n) is 4.63. The molecule has 148 valence electrons. The van der Waals surface area contributed by atoms with Gasteiger partial charge in [-0.05, 0) is 43.9 Å². The highest BCUT2D eigenvalue weighted by molar-refractivity contribution is 7.13. The van der Waals surface area contributed by atoms with Crippen LogP contribution < -0.4 is 16.4 Å². The smallest absolute Gasteiger partial charge is 0.382 e. The molecule has 0 unspecified atom stereocenters. The fourth-order valence-corrected chi connectivity index (χ4v) is 3.78. The van der Waals surface area contributed by atoms with Crippen molar-refractivity contribution < 1.29 is 18.0 Å². The molecular weight excluding hydrogens is 391 g/mol. The highest BCUT2D eigenvalue weighted by Crippen LogP contribution is 2.34. The van der Waals surface area contributed by atoms with Gasteiger partial charge in [0.2, 0.25) is 0 Å². The van der Waals surface area contributed by atoms with E-state index < -0.39 is 17.3 Å². The van der Waals surface area contributed by atoms with E-state index >= 15 is 0 Å². The molecular formula is C18H18F3N5OS. The molecule has 28 heavy (non-hydrogen) atoms. The molecule has 0 radical (unpaired) electrons. The number of rotatable bonds is 4. The lowest BCUT2D eigenvalue weighted by atomic mass is 9.90. The van der Waals surface area contributed by atoms with Crippen LogP contribution in [0, 0.1) is 11.3 Å². The molecule has 3 rings (SSSR count). The van der Waals surface area contributed by atoms with Crippen LogP contribution >= 0.6 is 11.3 Å². The van der Waals surface area contributed by atoms with Crippen molar-refractivity contribution in [2.45, 2.75) is 43.9 Å². The van der Waals surface area contributed by atoms with Crippen molar-refractivity contribution in [3.8, 4) is 6.07 Å². The summed E-state index contributed by atoms with van der Waals surface area (Å²) in [6.45, 7) is 0. The van der Waals surface area contributed by atoms with E-state index in [0.29, 0.717) is 42.2 Å². The minimum absolute atomic E-state index is 0.00270. The van der Waals surface area contributed by atoms with Crippen molar-refractivity contribution in [2.24, 2.45) is 0 Å². The Labute approximate surface area is 163 Å². The topological polar surface area (TPSA) is 104 Å². The van der Waals surface area contributed by atoms with Crippen LogP contribution in [0.25, 0.3) is 0 Å². The van der Waals surface area contributed by atoms with E-state index in [2.05, 4.69) is 15.6 Å². The molecule has 1 heterocycles. The zero-order valence-corrected chi connectivity index (χ0v) is 15.5. The van der Waals surface area contributed by atoms with Gasteiger partial charge < -0.3 is 16.4 Å². The zero-order chi connectivity index (χ0) is 20.3. The van der Waals surface area contributed by atoms with Crippen LogP contribution in [0.1, 0.15) is 47.3 Å². The zero-order valence-electron chi connectivity index (χ0n) is 14.7. The van der Waals surface area contributed by atoms with Gasteiger partial charge in [0.15, 0.2) is 5.13 Å². The maximum absolute atomic E-state index is 13.1. The van der Waals surface area contributed by atoms with Gasteiger partial charge in [0.1, 0.15) is 5.69 Å². The number of amides is 1. The molecule has 1 aliphatic rings. The van der Waals surface area contributed by atoms with Gasteiger partial charge in [-0.3, -0.25) is 4.79 Å². The Morgan fingerprint density at radius 3 is 2.50 bits per heavy atom. The molecule has 4 N–H and O–H groups in total. The van der Waals surface area contributed by atoms with Gasteiger partial charge in [-0.1, -0.05) is 0 Å². The van der Waals surface area contributed by atoms with Crippen molar-refractivity contribution in [2.75, 3.05) is 11.1 Å². The summed E-state index contributed by atoms with van der Waals surface area (Å²) in [5, 5.41) is 16.8. The largest absolute Gasteiger partial charge is 0.417 e. The summed E-state index contributed by atoms with van der Waals surface area (Å²) in [6, 6.07) is 5.18. The van der Waals surface area contributed by atoms with Crippen LogP contribution in [0.15, 0.2) is 23.6 Å². The second kappa shape index (κ2) is 8.06. The highest BCUT2D eigenvalue weighted by Gasteiger charge is 2.34. The lowest BCUT2D eigenvalue weighted by molar-refractivity contribution is -0.137. The van der Waals surface area contributed by atoms with E-state index in [4.69, 9.17) is 11.0 Å². The molecule has 0 aliphatic heterocycles. The predicted octanol–water partition coefficient (Wildman–Crippen LogP) is 3.77. The molecule has 1 aromatic carbocycles. The molecule has 0 atom stereocenters. The fraction of sp³-hybridized carbons (Fsp3) is 0.389. The number of alkyl halides is 3. The number of nitrogens with one attached hydrogen (secondary N) is 2. The molecule has 1 fully saturated rings. The second-order valence-electron chi connectivity index (χ2n) is 6.61. The second-order valence-corrected chi connectivity index (χ2v) is 7.50. The summed E-state index contributed by atoms with van der Waals surface area (Å²) < 4.78 is 39.2. The van der Waals surface area contributed by atoms with Crippen molar-refractivity contribution in [3.63, 3.8) is 0 Å². The molecule has 6 nitrogen and oxygen atoms in total. The average molecular weight is 409 g/mol. The first kappa shape index (κ1) is 19.9. The van der Waals surface area contributed by atoms with Crippen LogP contribution in [-0.2, 0) is 6.18 Å². The van der Waals surface area contributed by atoms with E-state index in [1.165, 1.54) is 23.5 Å². The number of halogens is 3. The first-order valence-corrected chi connectivity index (χ1v) is 9.54. The number of benzene rings is 1. The van der Waals surface area contributed by atoms with E-state index in [1.54, 1.807) is 11.4 Å². The molecule has 0 saturated heterocycles. The summed E-state index contributed by atoms with van der Waals surface area (Å²) in [5.74, 6) is -0.272. The monoisotopic (exact) mass is 409 g/mol. The molecule has 0 spiro atoms. The highest BCUT2D eigenvalue weighted by atomic mass is 32.1. The summed E-state index contributed by atoms with van der Waals surface area (Å²) in [5.41, 5.74) is 4.81. The number of hydrogen-bond acceptors (Lipinski definition) is 6. The number of nitrogens with two attached hydrogens (primary N) is 1. The first-order valence-electron chi connectivity index (χ1n) is 8.66. The summed E-state index contributed by atoms with van der Waals surface area (Å²) in [6.07, 6.45) is -1.78. The van der Waals surface area contributed by atoms with Crippen LogP contribution in [0.2, 0.25) is 0 Å². The van der Waals surface area contributed by atoms with E-state index in [0.717, 1.165) is 6.07 Å². The number of thiazole rings is 1. The summed E-state index contributed by atoms with van der Waals surface area (Å²) in [4.78, 5) is 16.1. The molecule has 1 aliphatic carbocycles. The van der Waals surface area contributed by atoms with Crippen LogP contribution in [0.3, 0.4) is 0 Å². The Morgan fingerprint density at radius 1 is 1.25 bits per heavy atom. The van der Waals surface area contributed by atoms with Crippen LogP contribution in [0.5, 0.6) is 0 Å². The number of hydrogen-bond donors (Lipinski definition) is 3. The van der Waals surface area contributed by atoms with Gasteiger partial charge in [0, 0.05) is 23.2 Å². The predicted molar refractivity (Wildman–Crippen MR) is 99.8 cm³/mol. The number of anilines is 2. The van der Waals surface area contributed by atoms with Crippen molar-refractivity contribution in [1.29, 1.82) is 5.26 Å². The lowest BCUT2D eigenvalue weighted by Gasteiger charge is -2.30. The Hall–Kier alpha value is -2.80. The molecule has 1 amide bonds. The first-order chi connectivity index (χ1) is 13.3. The Balaban J connectivity index is 1.56. The van der Waals surface area contributed by atoms with Gasteiger partial charge in [0.25, 0.3) is 5.91 Å². The lowest BCUT2D eigenvalue weighted by Crippen LogP contribution is -2.40. The van der Waals surface area contributed by atoms with Crippen LogP contribution in [-0.4, -0.2) is 23.0 Å². The Bertz CT molecular complexity index is 897. The normalized spacial score (nSPS) is 19.6. The molecule has 1 saturated carbocycles. The number of nitrogens with zero attached hydrogens (tertiary/aromatic N) is 2. The molecule has 0 bridgehead atoms. The van der Waals surface area contributed by atoms with Gasteiger partial charge >= 0.3 is 6.18 Å². The van der Waals surface area contributed by atoms with E-state index in [1.807, 2.05) is 0 Å². The number of aromatic nitrogens is 1. The number of nitriles is 1. The Kier molecular flexibility index (Phi) is 5.74. The van der Waals surface area contributed by atoms with Crippen LogP contribution in [0.4, 0.5) is 24.0 Å². The number of carbonyl (C=O) groups excluding carboxylic acids is 1. The van der Waals surface area contributed by atoms with Crippen molar-refractivity contribution in [1.82, 2.24) is 10.3 Å². The minimum Gasteiger partial charge on any atom is -0.382 e. The quantitative estimate of drug-likeness (QED) is 0.713. The SMILES string of the molecule is N#Cc1ccc(NC2CCC(NC(=O)c3csc(N)n3)CC2)cc1C(F)(F)F. The van der Waals surface area contributed by atoms with Crippen molar-refractivity contribution in [3.05, 3.63) is 40.4 Å². The van der Waals surface area contributed by atoms with Gasteiger partial charge in [0.05, 0.1) is 17.2 Å². The van der Waals surface area contributed by atoms with Gasteiger partial charge in [-0.15, -0.1) is 11.3 Å². The number of nitrogen functional groups attached to an aromatic ring is 1. The summed E-state index contributed by atoms with van der Waals surface area (Å²) in [7, 11) is 0. The maximum atomic E-state index is 13.1. The fourth-order valence-electron chi connectivity index (χ4n) is 3.24. The Morgan fingerprint density at radius 2 is 1.93 bits per heavy atom. The van der Waals surface area contributed by atoms with Gasteiger partial charge in [-0.2, -0.15) is 18.4 Å². The third kappa shape index (κ3) is 4.72. The molecule has 1 aromatic heterocycles. The van der Waals surface area contributed by atoms with E-state index in [9.17, 15) is 18.0 Å². The molecule has 10 heteroatoms.